The summed E-state index contributed by atoms with van der Waals surface area (Å²) < 4.78 is 53.3. The third-order valence-electron chi connectivity index (χ3n) is 6.50. The highest BCUT2D eigenvalue weighted by Crippen LogP contribution is 2.52. The number of halogens is 1. The van der Waals surface area contributed by atoms with Crippen LogP contribution in [0.25, 0.3) is 5.52 Å². The Morgan fingerprint density at radius 1 is 1.12 bits per heavy atom. The average molecular weight is 662 g/mol. The molecule has 0 radical (unpaired) electrons. The number of hydrogen-bond donors (Lipinski definition) is 2. The van der Waals surface area contributed by atoms with Gasteiger partial charge in [0.2, 0.25) is 0 Å². The number of anilines is 1. The summed E-state index contributed by atoms with van der Waals surface area (Å²) in [5.41, 5.74) is 4.28. The van der Waals surface area contributed by atoms with Crippen molar-refractivity contribution in [2.24, 2.45) is 10.8 Å². The van der Waals surface area contributed by atoms with E-state index in [2.05, 4.69) is 11.7 Å². The maximum absolute atomic E-state index is 15.6. The van der Waals surface area contributed by atoms with Gasteiger partial charge in [-0.25, -0.2) is 13.5 Å². The van der Waals surface area contributed by atoms with Crippen LogP contribution < -0.4 is 5.73 Å². The Morgan fingerprint density at radius 2 is 1.67 bits per heavy atom. The minimum absolute atomic E-state index is 0.0767. The number of fused-ring (bicyclic) bond motifs is 1. The molecule has 1 aliphatic rings. The number of carbonyl (C=O) groups is 2. The maximum atomic E-state index is 15.6. The smallest absolute Gasteiger partial charge is 0.397 e. The van der Waals surface area contributed by atoms with Crippen LogP contribution >= 0.6 is 31.3 Å². The van der Waals surface area contributed by atoms with Gasteiger partial charge in [-0.05, 0) is 18.2 Å². The van der Waals surface area contributed by atoms with Gasteiger partial charge in [0.1, 0.15) is 17.8 Å². The van der Waals surface area contributed by atoms with E-state index in [4.69, 9.17) is 24.0 Å². The summed E-state index contributed by atoms with van der Waals surface area (Å²) in [6.45, 7) is 13.4. The van der Waals surface area contributed by atoms with E-state index in [1.165, 1.54) is 16.8 Å². The Kier molecular flexibility index (Phi) is 11.7. The largest absolute Gasteiger partial charge is 0.474 e. The van der Waals surface area contributed by atoms with E-state index in [9.17, 15) is 19.3 Å². The first-order valence-electron chi connectivity index (χ1n) is 13.7. The van der Waals surface area contributed by atoms with Gasteiger partial charge in [-0.15, -0.1) is 6.58 Å². The molecule has 0 aliphatic carbocycles. The molecule has 240 valence electrons. The van der Waals surface area contributed by atoms with Crippen LogP contribution in [0.15, 0.2) is 37.1 Å². The number of aromatic nitrogens is 2. The third kappa shape index (κ3) is 8.70. The van der Waals surface area contributed by atoms with E-state index in [1.54, 1.807) is 59.7 Å². The van der Waals surface area contributed by atoms with E-state index in [1.807, 2.05) is 0 Å². The lowest BCUT2D eigenvalue weighted by molar-refractivity contribution is -0.118. The zero-order valence-electron chi connectivity index (χ0n) is 25.3. The monoisotopic (exact) mass is 661 g/mol. The number of nitrogen functional groups attached to an aromatic ring is 1. The summed E-state index contributed by atoms with van der Waals surface area (Å²) in [7, 11) is -4.35. The van der Waals surface area contributed by atoms with Crippen LogP contribution in [0.3, 0.4) is 0 Å². The van der Waals surface area contributed by atoms with Gasteiger partial charge in [0, 0.05) is 28.5 Å². The van der Waals surface area contributed by atoms with E-state index in [-0.39, 0.29) is 35.0 Å². The predicted octanol–water partition coefficient (Wildman–Crippen LogP) is 5.38. The van der Waals surface area contributed by atoms with Gasteiger partial charge < -0.3 is 15.6 Å². The first kappa shape index (κ1) is 35.7. The van der Waals surface area contributed by atoms with Crippen LogP contribution in [-0.4, -0.2) is 74.2 Å². The predicted molar refractivity (Wildman–Crippen MR) is 167 cm³/mol. The van der Waals surface area contributed by atoms with Crippen molar-refractivity contribution in [1.29, 1.82) is 0 Å². The summed E-state index contributed by atoms with van der Waals surface area (Å²) in [6.07, 6.45) is -2.32. The van der Waals surface area contributed by atoms with Gasteiger partial charge in [-0.2, -0.15) is 5.10 Å². The number of aliphatic hydroxyl groups is 1. The molecule has 0 spiro atoms. The molecular weight excluding hydrogens is 620 g/mol. The third-order valence-corrected chi connectivity index (χ3v) is 10.4. The number of carbonyl (C=O) groups excluding carboxylic acids is 2. The highest BCUT2D eigenvalue weighted by Gasteiger charge is 2.56. The van der Waals surface area contributed by atoms with Gasteiger partial charge in [0.05, 0.1) is 36.7 Å². The van der Waals surface area contributed by atoms with Crippen molar-refractivity contribution in [2.75, 3.05) is 37.1 Å². The average Bonchev–Trinajstić information content (AvgIpc) is 3.47. The molecule has 11 nitrogen and oxygen atoms in total. The summed E-state index contributed by atoms with van der Waals surface area (Å²) in [5.74, 6) is 0.337. The molecule has 1 fully saturated rings. The van der Waals surface area contributed by atoms with Crippen LogP contribution in [0.2, 0.25) is 0 Å². The van der Waals surface area contributed by atoms with E-state index < -0.39 is 49.2 Å². The number of nitrogens with zero attached hydrogens (tertiary/aromatic N) is 2. The fourth-order valence-electron chi connectivity index (χ4n) is 3.94. The minimum Gasteiger partial charge on any atom is -0.397 e. The van der Waals surface area contributed by atoms with Crippen molar-refractivity contribution in [2.45, 2.75) is 65.5 Å². The van der Waals surface area contributed by atoms with Crippen LogP contribution in [-0.2, 0) is 32.5 Å². The van der Waals surface area contributed by atoms with E-state index in [0.29, 0.717) is 16.9 Å². The quantitative estimate of drug-likeness (QED) is 0.161. The van der Waals surface area contributed by atoms with Crippen LogP contribution in [0, 0.1) is 10.8 Å². The highest BCUT2D eigenvalue weighted by molar-refractivity contribution is 8.14. The number of phosphoric acid groups is 1. The van der Waals surface area contributed by atoms with Crippen LogP contribution in [0.1, 0.15) is 53.3 Å². The molecule has 3 N–H and O–H groups in total. The molecule has 43 heavy (non-hydrogen) atoms. The van der Waals surface area contributed by atoms with Crippen LogP contribution in [0.4, 0.5) is 10.1 Å². The standard InChI is InChI=1S/C28H41FN3O8PS2/c1-8-28(23(33)21(29)22(40-28)20-10-9-19-18(30)11-12-31-32(19)20)17-39-41(36,37-13-15-42-24(34)26(2,3)4)38-14-16-43-25(35)27(5,6)7/h8-12,21-23,33H,1,13-17,30H2,2-7H3/t21-,22-,23-,28+/m0/s1. The number of phosphoric ester groups is 1. The van der Waals surface area contributed by atoms with Crippen molar-refractivity contribution in [3.63, 3.8) is 0 Å². The van der Waals surface area contributed by atoms with E-state index >= 15 is 4.39 Å². The second-order valence-electron chi connectivity index (χ2n) is 12.1. The number of rotatable bonds is 13. The Morgan fingerprint density at radius 3 is 2.19 bits per heavy atom. The van der Waals surface area contributed by atoms with Gasteiger partial charge in [-0.1, -0.05) is 71.1 Å². The zero-order chi connectivity index (χ0) is 32.2. The van der Waals surface area contributed by atoms with Crippen molar-refractivity contribution >= 4 is 52.8 Å². The molecule has 2 aromatic heterocycles. The molecule has 0 amide bonds. The second kappa shape index (κ2) is 14.1. The topological polar surface area (TPSA) is 152 Å². The number of nitrogens with two attached hydrogens (primary N) is 1. The molecule has 0 bridgehead atoms. The van der Waals surface area contributed by atoms with Crippen molar-refractivity contribution in [1.82, 2.24) is 9.61 Å². The lowest BCUT2D eigenvalue weighted by Gasteiger charge is -2.29. The molecule has 0 aromatic carbocycles. The first-order valence-corrected chi connectivity index (χ1v) is 17.1. The van der Waals surface area contributed by atoms with Gasteiger partial charge in [-0.3, -0.25) is 23.2 Å². The molecule has 3 heterocycles. The maximum Gasteiger partial charge on any atom is 0.474 e. The van der Waals surface area contributed by atoms with Crippen molar-refractivity contribution in [3.8, 4) is 0 Å². The molecular formula is C28H41FN3O8PS2. The zero-order valence-corrected chi connectivity index (χ0v) is 27.8. The summed E-state index contributed by atoms with van der Waals surface area (Å²) in [5, 5.41) is 15.0. The molecule has 0 unspecified atom stereocenters. The van der Waals surface area contributed by atoms with Gasteiger partial charge in [0.25, 0.3) is 0 Å². The summed E-state index contributed by atoms with van der Waals surface area (Å²) in [6, 6.07) is 4.85. The van der Waals surface area contributed by atoms with Crippen molar-refractivity contribution < 1.29 is 42.0 Å². The van der Waals surface area contributed by atoms with Crippen LogP contribution in [0.5, 0.6) is 0 Å². The number of hydrogen-bond acceptors (Lipinski definition) is 12. The van der Waals surface area contributed by atoms with Crippen molar-refractivity contribution in [3.05, 3.63) is 42.7 Å². The SMILES string of the molecule is C=C[C@]1(COP(=O)(OCCSC(=O)C(C)(C)C)OCCSC(=O)C(C)(C)C)O[C@@H](c2ccc3c(N)ccnn23)[C@H](F)[C@@H]1O. The molecule has 15 heteroatoms. The molecule has 4 atom stereocenters. The number of ether oxygens (including phenoxy) is 1. The second-order valence-corrected chi connectivity index (χ2v) is 15.9. The lowest BCUT2D eigenvalue weighted by Crippen LogP contribution is -2.44. The fourth-order valence-corrected chi connectivity index (χ4v) is 6.97. The number of alkyl halides is 1. The first-order chi connectivity index (χ1) is 19.9. The Bertz CT molecular complexity index is 1320. The molecule has 1 aliphatic heterocycles. The number of aliphatic hydroxyl groups excluding tert-OH is 1. The normalized spacial score (nSPS) is 23.1. The summed E-state index contributed by atoms with van der Waals surface area (Å²) in [4.78, 5) is 24.5. The Labute approximate surface area is 260 Å². The Balaban J connectivity index is 1.74. The number of thioether (sulfide) groups is 2. The fraction of sp³-hybridized carbons (Fsp3) is 0.607. The molecule has 1 saturated heterocycles. The van der Waals surface area contributed by atoms with E-state index in [0.717, 1.165) is 23.5 Å². The molecule has 0 saturated carbocycles. The molecule has 3 rings (SSSR count). The summed E-state index contributed by atoms with van der Waals surface area (Å²) >= 11 is 2.03. The lowest BCUT2D eigenvalue weighted by atomic mass is 9.96. The minimum atomic E-state index is -4.35. The molecule has 2 aromatic rings. The van der Waals surface area contributed by atoms with Gasteiger partial charge >= 0.3 is 7.82 Å². The van der Waals surface area contributed by atoms with Gasteiger partial charge in [0.15, 0.2) is 16.4 Å². The highest BCUT2D eigenvalue weighted by atomic mass is 32.2. The Hall–Kier alpha value is -1.77.